The number of hydrogen-bond donors (Lipinski definition) is 1. The van der Waals surface area contributed by atoms with Gasteiger partial charge in [-0.15, -0.1) is 0 Å². The zero-order valence-corrected chi connectivity index (χ0v) is 10.8. The van der Waals surface area contributed by atoms with Gasteiger partial charge in [0.1, 0.15) is 0 Å². The number of carbonyl (C=O) groups excluding carboxylic acids is 1. The smallest absolute Gasteiger partial charge is 0.416 e. The van der Waals surface area contributed by atoms with Gasteiger partial charge in [-0.2, -0.15) is 13.2 Å². The Hall–Kier alpha value is -1.56. The third-order valence-corrected chi connectivity index (χ3v) is 2.95. The summed E-state index contributed by atoms with van der Waals surface area (Å²) < 4.78 is 41.8. The number of esters is 1. The lowest BCUT2D eigenvalue weighted by molar-refractivity contribution is -0.157. The Balaban J connectivity index is 3.02. The second-order valence-electron chi connectivity index (χ2n) is 4.74. The Morgan fingerprint density at radius 2 is 1.68 bits per heavy atom. The van der Waals surface area contributed by atoms with Crippen molar-refractivity contribution in [2.75, 3.05) is 7.11 Å². The number of ether oxygens (including phenoxy) is 1. The van der Waals surface area contributed by atoms with Crippen molar-refractivity contribution in [1.29, 1.82) is 0 Å². The number of halogens is 3. The van der Waals surface area contributed by atoms with Crippen molar-refractivity contribution in [3.05, 3.63) is 35.4 Å². The zero-order chi connectivity index (χ0) is 14.8. The van der Waals surface area contributed by atoms with Crippen LogP contribution in [-0.2, 0) is 15.7 Å². The SMILES string of the molecule is COC(=O)C(C)(C)[C@H](O)c1ccc(C(F)(F)F)cc1. The summed E-state index contributed by atoms with van der Waals surface area (Å²) in [6, 6.07) is 4.04. The van der Waals surface area contributed by atoms with Crippen molar-refractivity contribution in [2.24, 2.45) is 5.41 Å². The van der Waals surface area contributed by atoms with E-state index in [1.807, 2.05) is 0 Å². The lowest BCUT2D eigenvalue weighted by Gasteiger charge is -2.28. The number of aliphatic hydroxyl groups excluding tert-OH is 1. The summed E-state index contributed by atoms with van der Waals surface area (Å²) in [5.41, 5.74) is -1.82. The van der Waals surface area contributed by atoms with Crippen LogP contribution in [0.1, 0.15) is 31.1 Å². The first kappa shape index (κ1) is 15.5. The zero-order valence-electron chi connectivity index (χ0n) is 10.8. The summed E-state index contributed by atoms with van der Waals surface area (Å²) in [5, 5.41) is 10.1. The normalized spacial score (nSPS) is 14.1. The summed E-state index contributed by atoms with van der Waals surface area (Å²) in [6.45, 7) is 2.92. The van der Waals surface area contributed by atoms with Crippen LogP contribution in [0.2, 0.25) is 0 Å². The molecule has 0 saturated carbocycles. The van der Waals surface area contributed by atoms with E-state index in [4.69, 9.17) is 0 Å². The van der Waals surface area contributed by atoms with Crippen molar-refractivity contribution in [3.8, 4) is 0 Å². The molecule has 0 fully saturated rings. The molecule has 0 unspecified atom stereocenters. The second kappa shape index (κ2) is 5.21. The van der Waals surface area contributed by atoms with Crippen LogP contribution in [0, 0.1) is 5.41 Å². The Morgan fingerprint density at radius 1 is 1.21 bits per heavy atom. The first-order valence-corrected chi connectivity index (χ1v) is 5.54. The van der Waals surface area contributed by atoms with Gasteiger partial charge in [-0.3, -0.25) is 4.79 Å². The number of rotatable bonds is 3. The third-order valence-electron chi connectivity index (χ3n) is 2.95. The number of hydrogen-bond acceptors (Lipinski definition) is 3. The average molecular weight is 276 g/mol. The fraction of sp³-hybridized carbons (Fsp3) is 0.462. The molecule has 0 aromatic heterocycles. The largest absolute Gasteiger partial charge is 0.469 e. The molecule has 0 heterocycles. The molecule has 0 bridgehead atoms. The van der Waals surface area contributed by atoms with Crippen LogP contribution < -0.4 is 0 Å². The molecule has 3 nitrogen and oxygen atoms in total. The van der Waals surface area contributed by atoms with E-state index in [1.54, 1.807) is 0 Å². The topological polar surface area (TPSA) is 46.5 Å². The van der Waals surface area contributed by atoms with E-state index in [1.165, 1.54) is 21.0 Å². The number of benzene rings is 1. The van der Waals surface area contributed by atoms with Gasteiger partial charge in [-0.05, 0) is 31.5 Å². The molecule has 0 radical (unpaired) electrons. The van der Waals surface area contributed by atoms with Crippen molar-refractivity contribution in [1.82, 2.24) is 0 Å². The van der Waals surface area contributed by atoms with E-state index >= 15 is 0 Å². The minimum atomic E-state index is -4.43. The third kappa shape index (κ3) is 3.26. The van der Waals surface area contributed by atoms with E-state index in [-0.39, 0.29) is 5.56 Å². The molecule has 106 valence electrons. The summed E-state index contributed by atoms with van der Waals surface area (Å²) in [5.74, 6) is -0.639. The van der Waals surface area contributed by atoms with E-state index in [2.05, 4.69) is 4.74 Å². The highest BCUT2D eigenvalue weighted by atomic mass is 19.4. The quantitative estimate of drug-likeness (QED) is 0.863. The van der Waals surface area contributed by atoms with Gasteiger partial charge in [0.2, 0.25) is 0 Å². The Kier molecular flexibility index (Phi) is 4.25. The van der Waals surface area contributed by atoms with E-state index in [0.717, 1.165) is 24.3 Å². The number of methoxy groups -OCH3 is 1. The fourth-order valence-corrected chi connectivity index (χ4v) is 1.65. The van der Waals surface area contributed by atoms with Gasteiger partial charge in [-0.1, -0.05) is 12.1 Å². The maximum Gasteiger partial charge on any atom is 0.416 e. The highest BCUT2D eigenvalue weighted by Crippen LogP contribution is 2.36. The van der Waals surface area contributed by atoms with Crippen molar-refractivity contribution >= 4 is 5.97 Å². The Bertz CT molecular complexity index is 449. The minimum Gasteiger partial charge on any atom is -0.469 e. The molecule has 0 spiro atoms. The molecule has 1 aromatic rings. The predicted octanol–water partition coefficient (Wildman–Crippen LogP) is 2.94. The molecule has 0 aliphatic rings. The summed E-state index contributed by atoms with van der Waals surface area (Å²) in [4.78, 5) is 11.5. The molecule has 1 N–H and O–H groups in total. The monoisotopic (exact) mass is 276 g/mol. The second-order valence-corrected chi connectivity index (χ2v) is 4.74. The molecule has 1 rings (SSSR count). The number of aliphatic hydroxyl groups is 1. The highest BCUT2D eigenvalue weighted by molar-refractivity contribution is 5.76. The summed E-state index contributed by atoms with van der Waals surface area (Å²) in [6.07, 6.45) is -5.68. The first-order chi connectivity index (χ1) is 8.60. The lowest BCUT2D eigenvalue weighted by Crippen LogP contribution is -2.32. The van der Waals surface area contributed by atoms with Crippen molar-refractivity contribution in [3.63, 3.8) is 0 Å². The molecule has 6 heteroatoms. The average Bonchev–Trinajstić information content (AvgIpc) is 2.35. The van der Waals surface area contributed by atoms with E-state index in [0.29, 0.717) is 0 Å². The molecular formula is C13H15F3O3. The maximum atomic E-state index is 12.4. The fourth-order valence-electron chi connectivity index (χ4n) is 1.65. The Morgan fingerprint density at radius 3 is 2.05 bits per heavy atom. The van der Waals surface area contributed by atoms with Crippen molar-refractivity contribution in [2.45, 2.75) is 26.1 Å². The summed E-state index contributed by atoms with van der Waals surface area (Å²) in [7, 11) is 1.18. The van der Waals surface area contributed by atoms with Gasteiger partial charge in [0, 0.05) is 0 Å². The molecule has 0 amide bonds. The van der Waals surface area contributed by atoms with Gasteiger partial charge in [-0.25, -0.2) is 0 Å². The van der Waals surface area contributed by atoms with Gasteiger partial charge in [0.25, 0.3) is 0 Å². The van der Waals surface area contributed by atoms with Crippen LogP contribution in [0.3, 0.4) is 0 Å². The van der Waals surface area contributed by atoms with Gasteiger partial charge in [0.05, 0.1) is 24.2 Å². The minimum absolute atomic E-state index is 0.225. The van der Waals surface area contributed by atoms with Gasteiger partial charge < -0.3 is 9.84 Å². The van der Waals surface area contributed by atoms with Crippen LogP contribution in [0.15, 0.2) is 24.3 Å². The highest BCUT2D eigenvalue weighted by Gasteiger charge is 2.38. The molecule has 1 aromatic carbocycles. The molecule has 0 saturated heterocycles. The number of alkyl halides is 3. The standard InChI is InChI=1S/C13H15F3O3/c1-12(2,11(18)19-3)10(17)8-4-6-9(7-5-8)13(14,15)16/h4-7,10,17H,1-3H3/t10-/m1/s1. The molecular weight excluding hydrogens is 261 g/mol. The van der Waals surface area contributed by atoms with Crippen LogP contribution in [-0.4, -0.2) is 18.2 Å². The van der Waals surface area contributed by atoms with E-state index < -0.39 is 29.2 Å². The van der Waals surface area contributed by atoms with Crippen molar-refractivity contribution < 1.29 is 27.8 Å². The van der Waals surface area contributed by atoms with Crippen LogP contribution in [0.25, 0.3) is 0 Å². The van der Waals surface area contributed by atoms with Gasteiger partial charge in [0.15, 0.2) is 0 Å². The van der Waals surface area contributed by atoms with Crippen LogP contribution >= 0.6 is 0 Å². The number of carbonyl (C=O) groups is 1. The van der Waals surface area contributed by atoms with E-state index in [9.17, 15) is 23.1 Å². The maximum absolute atomic E-state index is 12.4. The lowest BCUT2D eigenvalue weighted by atomic mass is 9.82. The van der Waals surface area contributed by atoms with Crippen LogP contribution in [0.4, 0.5) is 13.2 Å². The molecule has 0 aliphatic carbocycles. The molecule has 0 aliphatic heterocycles. The predicted molar refractivity (Wildman–Crippen MR) is 62.2 cm³/mol. The molecule has 19 heavy (non-hydrogen) atoms. The summed E-state index contributed by atoms with van der Waals surface area (Å²) >= 11 is 0. The van der Waals surface area contributed by atoms with Crippen LogP contribution in [0.5, 0.6) is 0 Å². The van der Waals surface area contributed by atoms with Gasteiger partial charge >= 0.3 is 12.1 Å². The Labute approximate surface area is 109 Å². The first-order valence-electron chi connectivity index (χ1n) is 5.54. The molecule has 1 atom stereocenters.